The number of hydrogen-bond acceptors (Lipinski definition) is 4. The molecule has 1 N–H and O–H groups in total. The first-order valence-corrected chi connectivity index (χ1v) is 3.77. The molecule has 4 heteroatoms. The summed E-state index contributed by atoms with van der Waals surface area (Å²) in [6.45, 7) is 5.38. The second kappa shape index (κ2) is 3.69. The number of esters is 1. The van der Waals surface area contributed by atoms with Gasteiger partial charge in [0, 0.05) is 12.0 Å². The third kappa shape index (κ3) is 2.06. The number of rotatable bonds is 2. The molecule has 0 saturated carbocycles. The lowest BCUT2D eigenvalue weighted by atomic mass is 10.3. The highest BCUT2D eigenvalue weighted by Crippen LogP contribution is 2.15. The van der Waals surface area contributed by atoms with Gasteiger partial charge in [-0.25, -0.2) is 4.79 Å². The normalized spacial score (nSPS) is 28.5. The lowest BCUT2D eigenvalue weighted by Crippen LogP contribution is -2.27. The van der Waals surface area contributed by atoms with E-state index in [1.165, 1.54) is 0 Å². The minimum absolute atomic E-state index is 0.303. The average Bonchev–Trinajstić information content (AvgIpc) is 2.36. The van der Waals surface area contributed by atoms with Crippen LogP contribution in [0.5, 0.6) is 0 Å². The number of ether oxygens (including phenoxy) is 2. The summed E-state index contributed by atoms with van der Waals surface area (Å²) in [5.41, 5.74) is 0.303. The zero-order valence-electron chi connectivity index (χ0n) is 6.95. The topological polar surface area (TPSA) is 55.8 Å². The fraction of sp³-hybridized carbons (Fsp3) is 0.625. The van der Waals surface area contributed by atoms with Gasteiger partial charge in [-0.2, -0.15) is 0 Å². The van der Waals surface area contributed by atoms with Crippen molar-refractivity contribution in [2.45, 2.75) is 25.7 Å². The largest absolute Gasteiger partial charge is 0.430 e. The summed E-state index contributed by atoms with van der Waals surface area (Å²) in [6.07, 6.45) is -1.00. The Hall–Kier alpha value is -0.870. The van der Waals surface area contributed by atoms with Crippen molar-refractivity contribution in [3.05, 3.63) is 12.2 Å². The summed E-state index contributed by atoms with van der Waals surface area (Å²) >= 11 is 0. The summed E-state index contributed by atoms with van der Waals surface area (Å²) in [6, 6.07) is 0. The Bertz CT molecular complexity index is 199. The first-order valence-electron chi connectivity index (χ1n) is 3.77. The van der Waals surface area contributed by atoms with Crippen molar-refractivity contribution in [3.8, 4) is 0 Å². The van der Waals surface area contributed by atoms with Crippen LogP contribution in [0.3, 0.4) is 0 Å². The van der Waals surface area contributed by atoms with Crippen LogP contribution in [-0.2, 0) is 14.3 Å². The van der Waals surface area contributed by atoms with Crippen molar-refractivity contribution >= 4 is 5.97 Å². The van der Waals surface area contributed by atoms with E-state index in [2.05, 4.69) is 6.58 Å². The Morgan fingerprint density at radius 2 is 2.42 bits per heavy atom. The van der Waals surface area contributed by atoms with Crippen molar-refractivity contribution in [2.75, 3.05) is 6.61 Å². The lowest BCUT2D eigenvalue weighted by Gasteiger charge is -2.14. The van der Waals surface area contributed by atoms with E-state index >= 15 is 0 Å². The molecule has 1 aliphatic rings. The van der Waals surface area contributed by atoms with Crippen molar-refractivity contribution < 1.29 is 19.4 Å². The molecule has 2 atom stereocenters. The molecule has 1 heterocycles. The standard InChI is InChI=1S/C8H12O4/c1-5(2)7(10)12-8-6(9)3-4-11-8/h6,8-9H,1,3-4H2,2H3. The molecule has 1 aliphatic heterocycles. The molecule has 0 amide bonds. The van der Waals surface area contributed by atoms with Gasteiger partial charge in [-0.15, -0.1) is 0 Å². The summed E-state index contributed by atoms with van der Waals surface area (Å²) < 4.78 is 9.73. The second-order valence-corrected chi connectivity index (χ2v) is 2.78. The molecule has 0 aromatic carbocycles. The molecule has 1 rings (SSSR count). The SMILES string of the molecule is C=C(C)C(=O)OC1OCCC1O. The maximum absolute atomic E-state index is 10.9. The summed E-state index contributed by atoms with van der Waals surface area (Å²) in [5.74, 6) is -0.527. The number of aliphatic hydroxyl groups excluding tert-OH is 1. The van der Waals surface area contributed by atoms with Crippen LogP contribution in [-0.4, -0.2) is 30.1 Å². The summed E-state index contributed by atoms with van der Waals surface area (Å²) in [4.78, 5) is 10.9. The molecule has 0 aliphatic carbocycles. The van der Waals surface area contributed by atoms with Crippen LogP contribution >= 0.6 is 0 Å². The number of aliphatic hydroxyl groups is 1. The predicted octanol–water partition coefficient (Wildman–Crippen LogP) is 0.213. The molecule has 1 fully saturated rings. The second-order valence-electron chi connectivity index (χ2n) is 2.78. The van der Waals surface area contributed by atoms with Gasteiger partial charge in [0.1, 0.15) is 6.10 Å². The highest BCUT2D eigenvalue weighted by Gasteiger charge is 2.29. The van der Waals surface area contributed by atoms with Crippen molar-refractivity contribution in [1.82, 2.24) is 0 Å². The van der Waals surface area contributed by atoms with Gasteiger partial charge in [0.25, 0.3) is 0 Å². The van der Waals surface area contributed by atoms with E-state index in [4.69, 9.17) is 9.47 Å². The predicted molar refractivity (Wildman–Crippen MR) is 41.3 cm³/mol. The Labute approximate surface area is 70.8 Å². The third-order valence-electron chi connectivity index (χ3n) is 1.58. The van der Waals surface area contributed by atoms with E-state index in [1.54, 1.807) is 6.92 Å². The van der Waals surface area contributed by atoms with Gasteiger partial charge in [-0.05, 0) is 6.92 Å². The van der Waals surface area contributed by atoms with E-state index in [0.717, 1.165) is 0 Å². The highest BCUT2D eigenvalue weighted by molar-refractivity contribution is 5.87. The molecule has 0 bridgehead atoms. The van der Waals surface area contributed by atoms with Gasteiger partial charge in [0.05, 0.1) is 6.61 Å². The van der Waals surface area contributed by atoms with E-state index in [9.17, 15) is 9.90 Å². The summed E-state index contributed by atoms with van der Waals surface area (Å²) in [5, 5.41) is 9.19. The average molecular weight is 172 g/mol. The first kappa shape index (κ1) is 9.22. The minimum Gasteiger partial charge on any atom is -0.430 e. The Balaban J connectivity index is 2.40. The van der Waals surface area contributed by atoms with E-state index in [0.29, 0.717) is 18.6 Å². The summed E-state index contributed by atoms with van der Waals surface area (Å²) in [7, 11) is 0. The Kier molecular flexibility index (Phi) is 2.83. The molecule has 68 valence electrons. The van der Waals surface area contributed by atoms with Crippen molar-refractivity contribution in [1.29, 1.82) is 0 Å². The van der Waals surface area contributed by atoms with Gasteiger partial charge in [0.15, 0.2) is 0 Å². The third-order valence-corrected chi connectivity index (χ3v) is 1.58. The fourth-order valence-corrected chi connectivity index (χ4v) is 0.871. The molecular weight excluding hydrogens is 160 g/mol. The van der Waals surface area contributed by atoms with E-state index in [1.807, 2.05) is 0 Å². The zero-order valence-corrected chi connectivity index (χ0v) is 6.95. The van der Waals surface area contributed by atoms with Crippen LogP contribution < -0.4 is 0 Å². The Morgan fingerprint density at radius 1 is 1.75 bits per heavy atom. The van der Waals surface area contributed by atoms with Crippen LogP contribution in [0.15, 0.2) is 12.2 Å². The Morgan fingerprint density at radius 3 is 2.83 bits per heavy atom. The van der Waals surface area contributed by atoms with Gasteiger partial charge in [-0.3, -0.25) is 0 Å². The van der Waals surface area contributed by atoms with Crippen molar-refractivity contribution in [2.24, 2.45) is 0 Å². The maximum atomic E-state index is 10.9. The minimum atomic E-state index is -0.811. The molecule has 0 aromatic heterocycles. The van der Waals surface area contributed by atoms with Gasteiger partial charge in [-0.1, -0.05) is 6.58 Å². The fourth-order valence-electron chi connectivity index (χ4n) is 0.871. The molecule has 0 spiro atoms. The number of hydrogen-bond donors (Lipinski definition) is 1. The zero-order chi connectivity index (χ0) is 9.14. The van der Waals surface area contributed by atoms with Crippen LogP contribution in [0.25, 0.3) is 0 Å². The van der Waals surface area contributed by atoms with Crippen LogP contribution in [0, 0.1) is 0 Å². The van der Waals surface area contributed by atoms with Crippen molar-refractivity contribution in [3.63, 3.8) is 0 Å². The first-order chi connectivity index (χ1) is 5.61. The van der Waals surface area contributed by atoms with E-state index in [-0.39, 0.29) is 0 Å². The molecule has 0 aromatic rings. The molecule has 4 nitrogen and oxygen atoms in total. The van der Waals surface area contributed by atoms with Gasteiger partial charge < -0.3 is 14.6 Å². The smallest absolute Gasteiger partial charge is 0.335 e. The number of carbonyl (C=O) groups excluding carboxylic acids is 1. The lowest BCUT2D eigenvalue weighted by molar-refractivity contribution is -0.177. The van der Waals surface area contributed by atoms with E-state index < -0.39 is 18.4 Å². The highest BCUT2D eigenvalue weighted by atomic mass is 16.7. The van der Waals surface area contributed by atoms with Gasteiger partial charge in [0.2, 0.25) is 6.29 Å². The molecule has 12 heavy (non-hydrogen) atoms. The quantitative estimate of drug-likeness (QED) is 0.478. The molecule has 0 radical (unpaired) electrons. The molecular formula is C8H12O4. The molecule has 1 saturated heterocycles. The number of carbonyl (C=O) groups is 1. The van der Waals surface area contributed by atoms with Gasteiger partial charge >= 0.3 is 5.97 Å². The van der Waals surface area contributed by atoms with Crippen LogP contribution in [0.4, 0.5) is 0 Å². The maximum Gasteiger partial charge on any atom is 0.335 e. The van der Waals surface area contributed by atoms with Crippen LogP contribution in [0.2, 0.25) is 0 Å². The molecule has 2 unspecified atom stereocenters. The van der Waals surface area contributed by atoms with Crippen LogP contribution in [0.1, 0.15) is 13.3 Å². The monoisotopic (exact) mass is 172 g/mol.